The molecule has 0 unspecified atom stereocenters. The van der Waals surface area contributed by atoms with Crippen molar-refractivity contribution in [3.63, 3.8) is 0 Å². The Morgan fingerprint density at radius 1 is 1.33 bits per heavy atom. The van der Waals surface area contributed by atoms with Crippen molar-refractivity contribution in [3.05, 3.63) is 0 Å². The zero-order valence-electron chi connectivity index (χ0n) is 12.7. The second-order valence-electron chi connectivity index (χ2n) is 6.46. The highest BCUT2D eigenvalue weighted by Crippen LogP contribution is 2.28. The molecule has 2 aliphatic rings. The minimum absolute atomic E-state index is 0.142. The topological polar surface area (TPSA) is 85.6 Å². The molecular weight excluding hydrogens is 270 g/mol. The van der Waals surface area contributed by atoms with Crippen molar-refractivity contribution in [1.29, 1.82) is 5.26 Å². The summed E-state index contributed by atoms with van der Waals surface area (Å²) in [6.07, 6.45) is 4.65. The van der Waals surface area contributed by atoms with Crippen molar-refractivity contribution in [2.24, 2.45) is 0 Å². The summed E-state index contributed by atoms with van der Waals surface area (Å²) in [6.45, 7) is 1.78. The predicted molar refractivity (Wildman–Crippen MR) is 77.5 cm³/mol. The standard InChI is InChI=1S/C15H25N3O3/c1-18(12-15(20)6-8-21-9-7-15)10-13(19)17-14(11-16)4-2-3-5-14/h20H,2-10,12H2,1H3,(H,17,19). The SMILES string of the molecule is CN(CC(=O)NC1(C#N)CCCC1)CC1(O)CCOCC1. The van der Waals surface area contributed by atoms with Crippen LogP contribution in [-0.4, -0.2) is 60.4 Å². The van der Waals surface area contributed by atoms with Crippen LogP contribution < -0.4 is 5.32 Å². The number of nitrogens with one attached hydrogen (secondary N) is 1. The van der Waals surface area contributed by atoms with Gasteiger partial charge in [-0.2, -0.15) is 5.26 Å². The van der Waals surface area contributed by atoms with E-state index in [-0.39, 0.29) is 12.5 Å². The fraction of sp³-hybridized carbons (Fsp3) is 0.867. The third-order valence-electron chi connectivity index (χ3n) is 4.45. The van der Waals surface area contributed by atoms with E-state index < -0.39 is 11.1 Å². The van der Waals surface area contributed by atoms with E-state index >= 15 is 0 Å². The lowest BCUT2D eigenvalue weighted by molar-refractivity contribution is -0.124. The summed E-state index contributed by atoms with van der Waals surface area (Å²) < 4.78 is 5.25. The first-order valence-corrected chi connectivity index (χ1v) is 7.68. The van der Waals surface area contributed by atoms with E-state index in [1.807, 2.05) is 11.9 Å². The summed E-state index contributed by atoms with van der Waals surface area (Å²) in [5.41, 5.74) is -1.44. The van der Waals surface area contributed by atoms with E-state index in [0.717, 1.165) is 25.7 Å². The third-order valence-corrected chi connectivity index (χ3v) is 4.45. The van der Waals surface area contributed by atoms with E-state index in [2.05, 4.69) is 11.4 Å². The molecule has 2 fully saturated rings. The Morgan fingerprint density at radius 3 is 2.52 bits per heavy atom. The molecule has 0 radical (unpaired) electrons. The molecule has 0 bridgehead atoms. The van der Waals surface area contributed by atoms with Gasteiger partial charge in [-0.3, -0.25) is 9.69 Å². The number of nitrogens with zero attached hydrogens (tertiary/aromatic N) is 2. The molecule has 2 N–H and O–H groups in total. The molecular formula is C15H25N3O3. The van der Waals surface area contributed by atoms with Crippen molar-refractivity contribution in [1.82, 2.24) is 10.2 Å². The minimum atomic E-state index is -0.770. The average Bonchev–Trinajstić information content (AvgIpc) is 2.87. The molecule has 0 atom stereocenters. The monoisotopic (exact) mass is 295 g/mol. The Hall–Kier alpha value is -1.16. The number of ether oxygens (including phenoxy) is 1. The zero-order valence-corrected chi connectivity index (χ0v) is 12.7. The molecule has 0 spiro atoms. The van der Waals surface area contributed by atoms with Gasteiger partial charge in [0.25, 0.3) is 0 Å². The van der Waals surface area contributed by atoms with Gasteiger partial charge in [-0.1, -0.05) is 0 Å². The molecule has 1 saturated carbocycles. The first kappa shape index (κ1) is 16.2. The second-order valence-corrected chi connectivity index (χ2v) is 6.46. The molecule has 0 aromatic rings. The lowest BCUT2D eigenvalue weighted by Gasteiger charge is -2.35. The van der Waals surface area contributed by atoms with Crippen LogP contribution in [0.5, 0.6) is 0 Å². The highest BCUT2D eigenvalue weighted by molar-refractivity contribution is 5.79. The van der Waals surface area contributed by atoms with Gasteiger partial charge >= 0.3 is 0 Å². The largest absolute Gasteiger partial charge is 0.388 e. The van der Waals surface area contributed by atoms with Gasteiger partial charge in [-0.15, -0.1) is 0 Å². The molecule has 2 rings (SSSR count). The Morgan fingerprint density at radius 2 is 1.95 bits per heavy atom. The number of rotatable bonds is 5. The van der Waals surface area contributed by atoms with E-state index in [0.29, 0.717) is 32.6 Å². The van der Waals surface area contributed by atoms with Crippen molar-refractivity contribution in [2.75, 3.05) is 33.4 Å². The van der Waals surface area contributed by atoms with Gasteiger partial charge in [0.05, 0.1) is 18.2 Å². The molecule has 1 heterocycles. The number of hydrogen-bond donors (Lipinski definition) is 2. The summed E-state index contributed by atoms with van der Waals surface area (Å²) in [5, 5.41) is 22.6. The van der Waals surface area contributed by atoms with Gasteiger partial charge in [0, 0.05) is 32.6 Å². The molecule has 0 aromatic heterocycles. The number of nitriles is 1. The van der Waals surface area contributed by atoms with Crippen LogP contribution in [-0.2, 0) is 9.53 Å². The van der Waals surface area contributed by atoms with Gasteiger partial charge in [-0.25, -0.2) is 0 Å². The minimum Gasteiger partial charge on any atom is -0.388 e. The number of hydrogen-bond acceptors (Lipinski definition) is 5. The Labute approximate surface area is 126 Å². The van der Waals surface area contributed by atoms with Crippen LogP contribution in [0.1, 0.15) is 38.5 Å². The molecule has 0 aromatic carbocycles. The number of carbonyl (C=O) groups excluding carboxylic acids is 1. The Balaban J connectivity index is 1.80. The molecule has 1 aliphatic carbocycles. The van der Waals surface area contributed by atoms with Gasteiger partial charge in [0.15, 0.2) is 0 Å². The number of likely N-dealkylation sites (N-methyl/N-ethyl adjacent to an activating group) is 1. The van der Waals surface area contributed by atoms with Crippen molar-refractivity contribution < 1.29 is 14.6 Å². The molecule has 6 heteroatoms. The fourth-order valence-corrected chi connectivity index (χ4v) is 3.26. The summed E-state index contributed by atoms with van der Waals surface area (Å²) in [5.74, 6) is -0.142. The molecule has 118 valence electrons. The van der Waals surface area contributed by atoms with Crippen LogP contribution >= 0.6 is 0 Å². The summed E-state index contributed by atoms with van der Waals surface area (Å²) in [4.78, 5) is 13.9. The summed E-state index contributed by atoms with van der Waals surface area (Å²) in [7, 11) is 1.82. The Kier molecular flexibility index (Phi) is 5.20. The summed E-state index contributed by atoms with van der Waals surface area (Å²) in [6, 6.07) is 2.25. The molecule has 1 amide bonds. The molecule has 1 aliphatic heterocycles. The average molecular weight is 295 g/mol. The third kappa shape index (κ3) is 4.40. The van der Waals surface area contributed by atoms with Crippen LogP contribution in [0.2, 0.25) is 0 Å². The number of carbonyl (C=O) groups is 1. The van der Waals surface area contributed by atoms with Crippen molar-refractivity contribution >= 4 is 5.91 Å². The molecule has 6 nitrogen and oxygen atoms in total. The van der Waals surface area contributed by atoms with Crippen LogP contribution in [0.3, 0.4) is 0 Å². The van der Waals surface area contributed by atoms with Crippen molar-refractivity contribution in [2.45, 2.75) is 49.7 Å². The normalized spacial score (nSPS) is 23.7. The van der Waals surface area contributed by atoms with E-state index in [9.17, 15) is 15.2 Å². The van der Waals surface area contributed by atoms with Crippen LogP contribution in [0.25, 0.3) is 0 Å². The van der Waals surface area contributed by atoms with Crippen LogP contribution in [0.15, 0.2) is 0 Å². The van der Waals surface area contributed by atoms with Crippen molar-refractivity contribution in [3.8, 4) is 6.07 Å². The highest BCUT2D eigenvalue weighted by atomic mass is 16.5. The highest BCUT2D eigenvalue weighted by Gasteiger charge is 2.36. The number of amides is 1. The number of aliphatic hydroxyl groups is 1. The maximum Gasteiger partial charge on any atom is 0.235 e. The van der Waals surface area contributed by atoms with Gasteiger partial charge in [-0.05, 0) is 32.7 Å². The van der Waals surface area contributed by atoms with E-state index in [1.165, 1.54) is 0 Å². The van der Waals surface area contributed by atoms with Gasteiger partial charge in [0.2, 0.25) is 5.91 Å². The zero-order chi connectivity index (χ0) is 15.3. The lowest BCUT2D eigenvalue weighted by atomic mass is 9.94. The second kappa shape index (κ2) is 6.73. The quantitative estimate of drug-likeness (QED) is 0.767. The predicted octanol–water partition coefficient (Wildman–Crippen LogP) is 0.412. The lowest BCUT2D eigenvalue weighted by Crippen LogP contribution is -2.51. The maximum atomic E-state index is 12.1. The first-order chi connectivity index (χ1) is 9.97. The fourth-order valence-electron chi connectivity index (χ4n) is 3.26. The van der Waals surface area contributed by atoms with E-state index in [4.69, 9.17) is 4.74 Å². The van der Waals surface area contributed by atoms with E-state index in [1.54, 1.807) is 0 Å². The van der Waals surface area contributed by atoms with Gasteiger partial charge < -0.3 is 15.2 Å². The maximum absolute atomic E-state index is 12.1. The molecule has 21 heavy (non-hydrogen) atoms. The van der Waals surface area contributed by atoms with Gasteiger partial charge in [0.1, 0.15) is 5.54 Å². The smallest absolute Gasteiger partial charge is 0.235 e. The van der Waals surface area contributed by atoms with Crippen LogP contribution in [0, 0.1) is 11.3 Å². The summed E-state index contributed by atoms with van der Waals surface area (Å²) >= 11 is 0. The first-order valence-electron chi connectivity index (χ1n) is 7.68. The Bertz CT molecular complexity index is 407. The molecule has 1 saturated heterocycles. The van der Waals surface area contributed by atoms with Crippen LogP contribution in [0.4, 0.5) is 0 Å².